The third-order valence-corrected chi connectivity index (χ3v) is 2.53. The van der Waals surface area contributed by atoms with Crippen molar-refractivity contribution in [1.29, 1.82) is 0 Å². The summed E-state index contributed by atoms with van der Waals surface area (Å²) in [5, 5.41) is 2.78. The summed E-state index contributed by atoms with van der Waals surface area (Å²) in [5.41, 5.74) is 0. The molecule has 4 heteroatoms. The van der Waals surface area contributed by atoms with Gasteiger partial charge >= 0.3 is 0 Å². The number of carbonyl (C=O) groups excluding carboxylic acids is 1. The van der Waals surface area contributed by atoms with Crippen LogP contribution < -0.4 is 5.32 Å². The standard InChI is InChI=1S/C11H20N2O2/c1-4-5-12-11(14)7-13-6-10(3)15-8-9(13)2/h4,9-10H,1,5-8H2,2-3H3,(H,12,14)/t9-,10+/m0/s1. The minimum atomic E-state index is 0.0517. The average Bonchev–Trinajstić information content (AvgIpc) is 2.20. The number of rotatable bonds is 4. The van der Waals surface area contributed by atoms with Crippen LogP contribution in [-0.4, -0.2) is 49.2 Å². The van der Waals surface area contributed by atoms with Crippen molar-refractivity contribution in [3.05, 3.63) is 12.7 Å². The highest BCUT2D eigenvalue weighted by atomic mass is 16.5. The van der Waals surface area contributed by atoms with Gasteiger partial charge in [0.15, 0.2) is 0 Å². The van der Waals surface area contributed by atoms with Crippen molar-refractivity contribution < 1.29 is 9.53 Å². The van der Waals surface area contributed by atoms with Crippen molar-refractivity contribution in [2.75, 3.05) is 26.2 Å². The highest BCUT2D eigenvalue weighted by Crippen LogP contribution is 2.10. The lowest BCUT2D eigenvalue weighted by atomic mass is 10.2. The zero-order valence-corrected chi connectivity index (χ0v) is 9.53. The van der Waals surface area contributed by atoms with Gasteiger partial charge < -0.3 is 10.1 Å². The predicted octanol–water partition coefficient (Wildman–Crippen LogP) is 0.398. The van der Waals surface area contributed by atoms with Gasteiger partial charge in [-0.05, 0) is 13.8 Å². The molecule has 0 aromatic carbocycles. The molecule has 86 valence electrons. The maximum atomic E-state index is 11.5. The largest absolute Gasteiger partial charge is 0.376 e. The molecule has 1 heterocycles. The highest BCUT2D eigenvalue weighted by molar-refractivity contribution is 5.78. The van der Waals surface area contributed by atoms with Crippen molar-refractivity contribution in [3.63, 3.8) is 0 Å². The number of nitrogens with zero attached hydrogens (tertiary/aromatic N) is 1. The summed E-state index contributed by atoms with van der Waals surface area (Å²) >= 11 is 0. The first-order chi connectivity index (χ1) is 7.13. The second-order valence-electron chi connectivity index (χ2n) is 4.02. The predicted molar refractivity (Wildman–Crippen MR) is 59.7 cm³/mol. The van der Waals surface area contributed by atoms with E-state index in [1.54, 1.807) is 6.08 Å². The molecule has 0 radical (unpaired) electrons. The molecule has 0 bridgehead atoms. The zero-order chi connectivity index (χ0) is 11.3. The molecule has 1 rings (SSSR count). The molecule has 0 aromatic rings. The van der Waals surface area contributed by atoms with E-state index in [0.29, 0.717) is 25.7 Å². The van der Waals surface area contributed by atoms with Crippen LogP contribution in [0.5, 0.6) is 0 Å². The highest BCUT2D eigenvalue weighted by Gasteiger charge is 2.24. The van der Waals surface area contributed by atoms with E-state index in [-0.39, 0.29) is 12.0 Å². The summed E-state index contributed by atoms with van der Waals surface area (Å²) in [4.78, 5) is 13.6. The number of carbonyl (C=O) groups is 1. The SMILES string of the molecule is C=CCNC(=O)CN1C[C@@H](C)OC[C@@H]1C. The quantitative estimate of drug-likeness (QED) is 0.686. The van der Waals surface area contributed by atoms with Crippen LogP contribution in [0.4, 0.5) is 0 Å². The van der Waals surface area contributed by atoms with E-state index >= 15 is 0 Å². The molecule has 0 unspecified atom stereocenters. The fourth-order valence-electron chi connectivity index (χ4n) is 1.62. The molecule has 1 N–H and O–H groups in total. The zero-order valence-electron chi connectivity index (χ0n) is 9.53. The Hall–Kier alpha value is -0.870. The first-order valence-electron chi connectivity index (χ1n) is 5.36. The third kappa shape index (κ3) is 4.01. The van der Waals surface area contributed by atoms with Gasteiger partial charge in [0.05, 0.1) is 19.3 Å². The Balaban J connectivity index is 2.34. The van der Waals surface area contributed by atoms with E-state index in [1.165, 1.54) is 0 Å². The van der Waals surface area contributed by atoms with Crippen LogP contribution in [0, 0.1) is 0 Å². The van der Waals surface area contributed by atoms with Gasteiger partial charge in [-0.3, -0.25) is 9.69 Å². The summed E-state index contributed by atoms with van der Waals surface area (Å²) in [7, 11) is 0. The smallest absolute Gasteiger partial charge is 0.234 e. The molecule has 2 atom stereocenters. The Morgan fingerprint density at radius 3 is 3.07 bits per heavy atom. The lowest BCUT2D eigenvalue weighted by Gasteiger charge is -2.36. The Morgan fingerprint density at radius 2 is 2.40 bits per heavy atom. The number of hydrogen-bond donors (Lipinski definition) is 1. The van der Waals surface area contributed by atoms with Gasteiger partial charge in [0.2, 0.25) is 5.91 Å². The van der Waals surface area contributed by atoms with Crippen LogP contribution in [0.2, 0.25) is 0 Å². The average molecular weight is 212 g/mol. The molecule has 0 aromatic heterocycles. The lowest BCUT2D eigenvalue weighted by Crippen LogP contribution is -2.50. The van der Waals surface area contributed by atoms with Crippen molar-refractivity contribution >= 4 is 5.91 Å². The Kier molecular flexibility index (Phi) is 4.78. The normalized spacial score (nSPS) is 27.3. The summed E-state index contributed by atoms with van der Waals surface area (Å²) in [6, 6.07) is 0.315. The van der Waals surface area contributed by atoms with Gasteiger partial charge in [-0.25, -0.2) is 0 Å². The van der Waals surface area contributed by atoms with Crippen LogP contribution >= 0.6 is 0 Å². The van der Waals surface area contributed by atoms with Gasteiger partial charge in [-0.1, -0.05) is 6.08 Å². The summed E-state index contributed by atoms with van der Waals surface area (Å²) in [6.07, 6.45) is 1.90. The van der Waals surface area contributed by atoms with Crippen molar-refractivity contribution in [3.8, 4) is 0 Å². The number of ether oxygens (including phenoxy) is 1. The minimum Gasteiger partial charge on any atom is -0.376 e. The van der Waals surface area contributed by atoms with Gasteiger partial charge in [0, 0.05) is 19.1 Å². The Bertz CT molecular complexity index is 231. The van der Waals surface area contributed by atoms with E-state index in [2.05, 4.69) is 23.7 Å². The van der Waals surface area contributed by atoms with E-state index < -0.39 is 0 Å². The third-order valence-electron chi connectivity index (χ3n) is 2.53. The molecular formula is C11H20N2O2. The Labute approximate surface area is 91.3 Å². The van der Waals surface area contributed by atoms with Crippen molar-refractivity contribution in [2.24, 2.45) is 0 Å². The van der Waals surface area contributed by atoms with Crippen LogP contribution in [0.15, 0.2) is 12.7 Å². The molecule has 1 saturated heterocycles. The number of amides is 1. The first-order valence-corrected chi connectivity index (χ1v) is 5.36. The molecule has 0 aliphatic carbocycles. The topological polar surface area (TPSA) is 41.6 Å². The molecular weight excluding hydrogens is 192 g/mol. The van der Waals surface area contributed by atoms with E-state index in [4.69, 9.17) is 4.74 Å². The molecule has 4 nitrogen and oxygen atoms in total. The summed E-state index contributed by atoms with van der Waals surface area (Å²) in [6.45, 7) is 10.2. The van der Waals surface area contributed by atoms with E-state index in [9.17, 15) is 4.79 Å². The first kappa shape index (κ1) is 12.2. The van der Waals surface area contributed by atoms with Crippen LogP contribution in [0.25, 0.3) is 0 Å². The monoisotopic (exact) mass is 212 g/mol. The second kappa shape index (κ2) is 5.88. The van der Waals surface area contributed by atoms with Crippen LogP contribution in [0.3, 0.4) is 0 Å². The lowest BCUT2D eigenvalue weighted by molar-refractivity contribution is -0.125. The van der Waals surface area contributed by atoms with Crippen molar-refractivity contribution in [1.82, 2.24) is 10.2 Å². The fraction of sp³-hybridized carbons (Fsp3) is 0.727. The molecule has 0 saturated carbocycles. The number of morpholine rings is 1. The molecule has 1 amide bonds. The molecule has 1 aliphatic heterocycles. The van der Waals surface area contributed by atoms with Gasteiger partial charge in [0.25, 0.3) is 0 Å². The van der Waals surface area contributed by atoms with E-state index in [0.717, 1.165) is 6.54 Å². The van der Waals surface area contributed by atoms with Crippen molar-refractivity contribution in [2.45, 2.75) is 26.0 Å². The maximum absolute atomic E-state index is 11.5. The van der Waals surface area contributed by atoms with Gasteiger partial charge in [-0.15, -0.1) is 6.58 Å². The Morgan fingerprint density at radius 1 is 1.67 bits per heavy atom. The summed E-state index contributed by atoms with van der Waals surface area (Å²) in [5.74, 6) is 0.0517. The number of nitrogens with one attached hydrogen (secondary N) is 1. The van der Waals surface area contributed by atoms with Gasteiger partial charge in [-0.2, -0.15) is 0 Å². The van der Waals surface area contributed by atoms with E-state index in [1.807, 2.05) is 6.92 Å². The molecule has 1 fully saturated rings. The molecule has 15 heavy (non-hydrogen) atoms. The van der Waals surface area contributed by atoms with Crippen LogP contribution in [-0.2, 0) is 9.53 Å². The van der Waals surface area contributed by atoms with Gasteiger partial charge in [0.1, 0.15) is 0 Å². The minimum absolute atomic E-state index is 0.0517. The maximum Gasteiger partial charge on any atom is 0.234 e. The molecule has 0 spiro atoms. The second-order valence-corrected chi connectivity index (χ2v) is 4.02. The fourth-order valence-corrected chi connectivity index (χ4v) is 1.62. The molecule has 1 aliphatic rings. The number of hydrogen-bond acceptors (Lipinski definition) is 3. The van der Waals surface area contributed by atoms with Crippen LogP contribution in [0.1, 0.15) is 13.8 Å². The summed E-state index contributed by atoms with van der Waals surface area (Å²) < 4.78 is 5.49.